The van der Waals surface area contributed by atoms with Gasteiger partial charge in [-0.2, -0.15) is 0 Å². The minimum Gasteiger partial charge on any atom is -0.378 e. The zero-order valence-electron chi connectivity index (χ0n) is 10.5. The lowest BCUT2D eigenvalue weighted by atomic mass is 9.99. The average molecular weight is 217 g/mol. The number of hydrogen-bond donors (Lipinski definition) is 0. The molecule has 0 amide bonds. The van der Waals surface area contributed by atoms with Crippen LogP contribution in [0.2, 0.25) is 0 Å². The summed E-state index contributed by atoms with van der Waals surface area (Å²) in [5.74, 6) is 0. The highest BCUT2D eigenvalue weighted by molar-refractivity contribution is 4.74. The van der Waals surface area contributed by atoms with Crippen molar-refractivity contribution in [2.24, 2.45) is 5.18 Å². The lowest BCUT2D eigenvalue weighted by molar-refractivity contribution is -0.0715. The van der Waals surface area contributed by atoms with E-state index in [-0.39, 0.29) is 5.60 Å². The van der Waals surface area contributed by atoms with E-state index in [1.807, 2.05) is 13.8 Å². The molecule has 90 valence electrons. The van der Waals surface area contributed by atoms with E-state index in [1.165, 1.54) is 0 Å². The zero-order chi connectivity index (χ0) is 11.9. The van der Waals surface area contributed by atoms with Crippen LogP contribution in [0.1, 0.15) is 47.0 Å². The smallest absolute Gasteiger partial charge is 0.196 e. The zero-order valence-corrected chi connectivity index (χ0v) is 10.5. The largest absolute Gasteiger partial charge is 0.378 e. The fourth-order valence-electron chi connectivity index (χ4n) is 1.10. The number of methoxy groups -OCH3 is 1. The molecule has 4 nitrogen and oxygen atoms in total. The standard InChI is InChI=1S/C11H23NO3/c1-6-10(3,14-5)8-9-15-11(4,7-2)12-13/h6-9H2,1-5H3. The Bertz CT molecular complexity index is 192. The van der Waals surface area contributed by atoms with Crippen molar-refractivity contribution in [1.29, 1.82) is 0 Å². The topological polar surface area (TPSA) is 47.9 Å². The summed E-state index contributed by atoms with van der Waals surface area (Å²) in [7, 11) is 1.69. The first-order valence-corrected chi connectivity index (χ1v) is 5.49. The van der Waals surface area contributed by atoms with Crippen LogP contribution in [-0.4, -0.2) is 25.0 Å². The van der Waals surface area contributed by atoms with Crippen LogP contribution in [0.15, 0.2) is 5.18 Å². The van der Waals surface area contributed by atoms with Gasteiger partial charge in [-0.15, -0.1) is 4.91 Å². The van der Waals surface area contributed by atoms with Gasteiger partial charge in [-0.25, -0.2) is 0 Å². The fraction of sp³-hybridized carbons (Fsp3) is 1.00. The Morgan fingerprint density at radius 2 is 1.80 bits per heavy atom. The molecular weight excluding hydrogens is 194 g/mol. The van der Waals surface area contributed by atoms with E-state index in [0.29, 0.717) is 13.0 Å². The van der Waals surface area contributed by atoms with Crippen LogP contribution in [0, 0.1) is 4.91 Å². The van der Waals surface area contributed by atoms with Crippen molar-refractivity contribution in [3.05, 3.63) is 4.91 Å². The van der Waals surface area contributed by atoms with Crippen LogP contribution >= 0.6 is 0 Å². The third kappa shape index (κ3) is 4.71. The Balaban J connectivity index is 4.02. The molecule has 4 heteroatoms. The van der Waals surface area contributed by atoms with Gasteiger partial charge in [0, 0.05) is 7.11 Å². The molecule has 0 aromatic heterocycles. The Labute approximate surface area is 92.3 Å². The summed E-state index contributed by atoms with van der Waals surface area (Å²) in [6, 6.07) is 0. The van der Waals surface area contributed by atoms with Gasteiger partial charge in [0.05, 0.1) is 12.2 Å². The van der Waals surface area contributed by atoms with Crippen molar-refractivity contribution in [1.82, 2.24) is 0 Å². The summed E-state index contributed by atoms with van der Waals surface area (Å²) in [5.41, 5.74) is -1.06. The van der Waals surface area contributed by atoms with Gasteiger partial charge in [0.25, 0.3) is 0 Å². The third-order valence-electron chi connectivity index (χ3n) is 3.13. The average Bonchev–Trinajstić information content (AvgIpc) is 2.28. The SMILES string of the molecule is CCC(C)(CCOC(C)(CC)N=O)OC. The number of nitroso groups, excluding NO2 is 1. The van der Waals surface area contributed by atoms with Crippen LogP contribution in [0.5, 0.6) is 0 Å². The van der Waals surface area contributed by atoms with E-state index in [0.717, 1.165) is 12.8 Å². The van der Waals surface area contributed by atoms with Crippen molar-refractivity contribution in [2.75, 3.05) is 13.7 Å². The summed E-state index contributed by atoms with van der Waals surface area (Å²) in [5, 5.41) is 3.00. The number of hydrogen-bond acceptors (Lipinski definition) is 4. The molecule has 0 spiro atoms. The fourth-order valence-corrected chi connectivity index (χ4v) is 1.10. The normalized spacial score (nSPS) is 19.3. The molecule has 2 unspecified atom stereocenters. The summed E-state index contributed by atoms with van der Waals surface area (Å²) >= 11 is 0. The Morgan fingerprint density at radius 1 is 1.20 bits per heavy atom. The number of ether oxygens (including phenoxy) is 2. The van der Waals surface area contributed by atoms with Gasteiger partial charge in [0.1, 0.15) is 0 Å². The third-order valence-corrected chi connectivity index (χ3v) is 3.13. The Hall–Kier alpha value is -0.480. The first-order chi connectivity index (χ1) is 6.95. The van der Waals surface area contributed by atoms with Crippen molar-refractivity contribution >= 4 is 0 Å². The lowest BCUT2D eigenvalue weighted by Gasteiger charge is -2.28. The minimum atomic E-state index is -0.887. The second kappa shape index (κ2) is 6.18. The van der Waals surface area contributed by atoms with Gasteiger partial charge < -0.3 is 9.47 Å². The summed E-state index contributed by atoms with van der Waals surface area (Å²) in [6.45, 7) is 8.19. The molecule has 0 radical (unpaired) electrons. The van der Waals surface area contributed by atoms with Crippen LogP contribution in [-0.2, 0) is 9.47 Å². The van der Waals surface area contributed by atoms with Gasteiger partial charge in [-0.3, -0.25) is 0 Å². The Kier molecular flexibility index (Phi) is 5.98. The number of nitrogens with zero attached hydrogens (tertiary/aromatic N) is 1. The molecular formula is C11H23NO3. The van der Waals surface area contributed by atoms with Crippen molar-refractivity contribution in [2.45, 2.75) is 58.3 Å². The van der Waals surface area contributed by atoms with Crippen molar-refractivity contribution < 1.29 is 9.47 Å². The highest BCUT2D eigenvalue weighted by Crippen LogP contribution is 2.22. The molecule has 0 saturated carbocycles. The monoisotopic (exact) mass is 217 g/mol. The highest BCUT2D eigenvalue weighted by Gasteiger charge is 2.26. The molecule has 15 heavy (non-hydrogen) atoms. The molecule has 0 aliphatic heterocycles. The molecule has 0 rings (SSSR count). The minimum absolute atomic E-state index is 0.169. The van der Waals surface area contributed by atoms with Crippen LogP contribution in [0.25, 0.3) is 0 Å². The first kappa shape index (κ1) is 14.5. The van der Waals surface area contributed by atoms with Crippen molar-refractivity contribution in [3.8, 4) is 0 Å². The van der Waals surface area contributed by atoms with Gasteiger partial charge in [0.15, 0.2) is 5.72 Å². The second-order valence-electron chi connectivity index (χ2n) is 4.23. The second-order valence-corrected chi connectivity index (χ2v) is 4.23. The summed E-state index contributed by atoms with van der Waals surface area (Å²) in [6.07, 6.45) is 2.28. The van der Waals surface area contributed by atoms with Gasteiger partial charge in [0.2, 0.25) is 0 Å². The molecule has 0 bridgehead atoms. The maximum atomic E-state index is 10.5. The van der Waals surface area contributed by atoms with E-state index in [2.05, 4.69) is 12.1 Å². The maximum absolute atomic E-state index is 10.5. The Morgan fingerprint density at radius 3 is 2.13 bits per heavy atom. The van der Waals surface area contributed by atoms with E-state index in [1.54, 1.807) is 14.0 Å². The molecule has 0 aliphatic rings. The van der Waals surface area contributed by atoms with E-state index < -0.39 is 5.72 Å². The van der Waals surface area contributed by atoms with Crippen molar-refractivity contribution in [3.63, 3.8) is 0 Å². The van der Waals surface area contributed by atoms with Gasteiger partial charge in [-0.05, 0) is 38.3 Å². The molecule has 0 fully saturated rings. The summed E-state index contributed by atoms with van der Waals surface area (Å²) in [4.78, 5) is 10.5. The van der Waals surface area contributed by atoms with E-state index in [9.17, 15) is 4.91 Å². The van der Waals surface area contributed by atoms with Crippen LogP contribution in [0.4, 0.5) is 0 Å². The van der Waals surface area contributed by atoms with Gasteiger partial charge in [-0.1, -0.05) is 13.8 Å². The predicted molar refractivity (Wildman–Crippen MR) is 60.8 cm³/mol. The predicted octanol–water partition coefficient (Wildman–Crippen LogP) is 3.10. The summed E-state index contributed by atoms with van der Waals surface area (Å²) < 4.78 is 10.8. The lowest BCUT2D eigenvalue weighted by Crippen LogP contribution is -2.31. The first-order valence-electron chi connectivity index (χ1n) is 5.49. The van der Waals surface area contributed by atoms with Crippen LogP contribution in [0.3, 0.4) is 0 Å². The molecule has 0 saturated heterocycles. The number of rotatable bonds is 8. The molecule has 0 aromatic carbocycles. The van der Waals surface area contributed by atoms with Gasteiger partial charge >= 0.3 is 0 Å². The van der Waals surface area contributed by atoms with Crippen LogP contribution < -0.4 is 0 Å². The van der Waals surface area contributed by atoms with E-state index in [4.69, 9.17) is 9.47 Å². The maximum Gasteiger partial charge on any atom is 0.196 e. The molecule has 0 heterocycles. The molecule has 2 atom stereocenters. The molecule has 0 N–H and O–H groups in total. The van der Waals surface area contributed by atoms with E-state index >= 15 is 0 Å². The molecule has 0 aromatic rings. The molecule has 0 aliphatic carbocycles. The highest BCUT2D eigenvalue weighted by atomic mass is 16.5. The quantitative estimate of drug-likeness (QED) is 0.587.